The molecule has 8 heteroatoms. The number of hydrogen-bond donors (Lipinski definition) is 0. The van der Waals surface area contributed by atoms with Crippen LogP contribution in [0.25, 0.3) is 16.4 Å². The lowest BCUT2D eigenvalue weighted by Crippen LogP contribution is -2.38. The van der Waals surface area contributed by atoms with E-state index < -0.39 is 0 Å². The first-order valence-corrected chi connectivity index (χ1v) is 12.9. The Labute approximate surface area is 217 Å². The van der Waals surface area contributed by atoms with E-state index in [9.17, 15) is 4.79 Å². The van der Waals surface area contributed by atoms with E-state index >= 15 is 0 Å². The zero-order chi connectivity index (χ0) is 25.9. The minimum atomic E-state index is -0.0790. The fourth-order valence-electron chi connectivity index (χ4n) is 5.62. The Morgan fingerprint density at radius 2 is 1.73 bits per heavy atom. The molecule has 2 saturated heterocycles. The minimum Gasteiger partial charge on any atom is -0.496 e. The van der Waals surface area contributed by atoms with Crippen molar-refractivity contribution in [2.75, 3.05) is 31.6 Å². The molecular weight excluding hydrogens is 464 g/mol. The molecule has 2 fully saturated rings. The van der Waals surface area contributed by atoms with E-state index in [0.717, 1.165) is 65.8 Å². The number of benzene rings is 2. The molecule has 0 aliphatic carbocycles. The van der Waals surface area contributed by atoms with Crippen molar-refractivity contribution in [2.24, 2.45) is 0 Å². The van der Waals surface area contributed by atoms with Crippen LogP contribution in [0.2, 0.25) is 0 Å². The quantitative estimate of drug-likeness (QED) is 0.381. The maximum absolute atomic E-state index is 13.9. The number of aryl methyl sites for hydroxylation is 1. The molecule has 190 valence electrons. The average Bonchev–Trinajstić information content (AvgIpc) is 3.62. The van der Waals surface area contributed by atoms with Gasteiger partial charge in [0.2, 0.25) is 0 Å². The summed E-state index contributed by atoms with van der Waals surface area (Å²) in [5.74, 6) is 1.66. The number of likely N-dealkylation sites (tertiary alicyclic amines) is 1. The highest BCUT2D eigenvalue weighted by molar-refractivity contribution is 6.01. The Balaban J connectivity index is 0.00000137. The van der Waals surface area contributed by atoms with Crippen LogP contribution in [-0.4, -0.2) is 52.1 Å². The predicted octanol–water partition coefficient (Wildman–Crippen LogP) is 5.31. The molecular formula is C29H32N6O2. The summed E-state index contributed by atoms with van der Waals surface area (Å²) in [6.45, 7) is 8.43. The Bertz CT molecular complexity index is 1450. The van der Waals surface area contributed by atoms with Gasteiger partial charge in [-0.25, -0.2) is 14.8 Å². The lowest BCUT2D eigenvalue weighted by atomic mass is 9.97. The number of carbonyl (C=O) groups is 1. The van der Waals surface area contributed by atoms with Crippen molar-refractivity contribution in [3.8, 4) is 12.3 Å². The number of aromatic nitrogens is 3. The molecule has 6 rings (SSSR count). The number of ether oxygens (including phenoxy) is 1. The first-order valence-electron chi connectivity index (χ1n) is 12.9. The Morgan fingerprint density at radius 3 is 2.46 bits per heavy atom. The number of amides is 1. The van der Waals surface area contributed by atoms with Crippen LogP contribution in [0.5, 0.6) is 5.75 Å². The molecule has 0 N–H and O–H groups in total. The summed E-state index contributed by atoms with van der Waals surface area (Å²) in [7, 11) is 1.63. The van der Waals surface area contributed by atoms with Gasteiger partial charge in [-0.3, -0.25) is 4.79 Å². The zero-order valence-electron chi connectivity index (χ0n) is 21.4. The van der Waals surface area contributed by atoms with Crippen molar-refractivity contribution in [1.29, 1.82) is 5.26 Å². The van der Waals surface area contributed by atoms with Gasteiger partial charge in [-0.05, 0) is 61.9 Å². The summed E-state index contributed by atoms with van der Waals surface area (Å²) in [6.07, 6.45) is 7.46. The van der Waals surface area contributed by atoms with Gasteiger partial charge in [0.05, 0.1) is 24.4 Å². The summed E-state index contributed by atoms with van der Waals surface area (Å²) in [6, 6.07) is 14.0. The maximum Gasteiger partial charge on any atom is 0.258 e. The number of fused-ring (bicyclic) bond motifs is 2. The first-order chi connectivity index (χ1) is 18.1. The van der Waals surface area contributed by atoms with Crippen molar-refractivity contribution in [1.82, 2.24) is 19.5 Å². The molecule has 1 atom stereocenters. The van der Waals surface area contributed by atoms with Gasteiger partial charge in [0.15, 0.2) is 5.65 Å². The topological polar surface area (TPSA) is 86.8 Å². The summed E-state index contributed by atoms with van der Waals surface area (Å²) in [5.41, 5.74) is 3.48. The van der Waals surface area contributed by atoms with E-state index in [0.29, 0.717) is 17.9 Å². The van der Waals surface area contributed by atoms with E-state index in [1.165, 1.54) is 12.8 Å². The van der Waals surface area contributed by atoms with Crippen molar-refractivity contribution in [3.05, 3.63) is 65.5 Å². The average molecular weight is 497 g/mol. The molecule has 1 amide bonds. The van der Waals surface area contributed by atoms with Crippen LogP contribution in [0.1, 0.15) is 59.8 Å². The van der Waals surface area contributed by atoms with Crippen molar-refractivity contribution < 1.29 is 9.53 Å². The lowest BCUT2D eigenvalue weighted by molar-refractivity contribution is 0.0602. The van der Waals surface area contributed by atoms with Gasteiger partial charge in [0, 0.05) is 44.0 Å². The van der Waals surface area contributed by atoms with Crippen molar-refractivity contribution in [2.45, 2.75) is 45.1 Å². The van der Waals surface area contributed by atoms with Gasteiger partial charge in [0.25, 0.3) is 5.91 Å². The molecule has 8 nitrogen and oxygen atoms in total. The molecule has 2 aliphatic heterocycles. The first kappa shape index (κ1) is 24.6. The highest BCUT2D eigenvalue weighted by atomic mass is 16.5. The van der Waals surface area contributed by atoms with Crippen LogP contribution in [-0.2, 0) is 0 Å². The smallest absolute Gasteiger partial charge is 0.258 e. The fourth-order valence-corrected chi connectivity index (χ4v) is 5.62. The summed E-state index contributed by atoms with van der Waals surface area (Å²) >= 11 is 0. The molecule has 4 heterocycles. The largest absolute Gasteiger partial charge is 0.496 e. The van der Waals surface area contributed by atoms with Gasteiger partial charge in [-0.1, -0.05) is 24.3 Å². The molecule has 1 unspecified atom stereocenters. The van der Waals surface area contributed by atoms with Gasteiger partial charge < -0.3 is 14.5 Å². The van der Waals surface area contributed by atoms with E-state index in [2.05, 4.69) is 30.7 Å². The van der Waals surface area contributed by atoms with Crippen molar-refractivity contribution >= 4 is 28.1 Å². The second-order valence-electron chi connectivity index (χ2n) is 9.72. The normalized spacial score (nSPS) is 17.6. The number of nitriles is 1. The number of hydrogen-bond acceptors (Lipinski definition) is 6. The van der Waals surface area contributed by atoms with Gasteiger partial charge in [-0.15, -0.1) is 0 Å². The SMILES string of the molecule is C#N.COc1cc2ccccc2cc1C(=O)N1CCCCC1c1cc2nc(N3CCCC3)c(C)cn2n1. The van der Waals surface area contributed by atoms with E-state index in [1.807, 2.05) is 45.8 Å². The molecule has 0 bridgehead atoms. The number of rotatable bonds is 4. The molecule has 37 heavy (non-hydrogen) atoms. The standard InChI is InChI=1S/C28H31N5O2.CHN/c1-19-18-33-26(29-27(19)31-12-7-8-13-31)17-23(30-33)24-11-5-6-14-32(24)28(34)22-15-20-9-3-4-10-21(20)16-25(22)35-2;1-2/h3-4,9-10,15-18,24H,5-8,11-14H2,1-2H3;1H. The highest BCUT2D eigenvalue weighted by Gasteiger charge is 2.32. The maximum atomic E-state index is 13.9. The molecule has 2 aliphatic rings. The van der Waals surface area contributed by atoms with Gasteiger partial charge in [-0.2, -0.15) is 5.10 Å². The third-order valence-electron chi connectivity index (χ3n) is 7.43. The van der Waals surface area contributed by atoms with Crippen LogP contribution in [0, 0.1) is 18.8 Å². The Morgan fingerprint density at radius 1 is 1.03 bits per heavy atom. The van der Waals surface area contributed by atoms with Crippen LogP contribution in [0.3, 0.4) is 0 Å². The molecule has 0 saturated carbocycles. The van der Waals surface area contributed by atoms with E-state index in [1.54, 1.807) is 7.11 Å². The van der Waals surface area contributed by atoms with Crippen LogP contribution in [0.15, 0.2) is 48.7 Å². The third kappa shape index (κ3) is 4.57. The lowest BCUT2D eigenvalue weighted by Gasteiger charge is -2.35. The Hall–Kier alpha value is -4.12. The van der Waals surface area contributed by atoms with E-state index in [-0.39, 0.29) is 11.9 Å². The second kappa shape index (κ2) is 10.5. The third-order valence-corrected chi connectivity index (χ3v) is 7.43. The van der Waals surface area contributed by atoms with Gasteiger partial charge >= 0.3 is 0 Å². The molecule has 2 aromatic carbocycles. The number of piperidine rings is 1. The van der Waals surface area contributed by atoms with Crippen molar-refractivity contribution in [3.63, 3.8) is 0 Å². The monoisotopic (exact) mass is 496 g/mol. The summed E-state index contributed by atoms with van der Waals surface area (Å²) in [4.78, 5) is 23.2. The molecule has 4 aromatic rings. The van der Waals surface area contributed by atoms with Crippen LogP contribution in [0.4, 0.5) is 5.82 Å². The summed E-state index contributed by atoms with van der Waals surface area (Å²) < 4.78 is 7.52. The zero-order valence-corrected chi connectivity index (χ0v) is 21.4. The van der Waals surface area contributed by atoms with Crippen LogP contribution < -0.4 is 9.64 Å². The molecule has 0 radical (unpaired) electrons. The number of methoxy groups -OCH3 is 1. The fraction of sp³-hybridized carbons (Fsp3) is 0.379. The molecule has 0 spiro atoms. The number of nitrogens with zero attached hydrogens (tertiary/aromatic N) is 6. The summed E-state index contributed by atoms with van der Waals surface area (Å²) in [5, 5.41) is 13.5. The number of carbonyl (C=O) groups excluding carboxylic acids is 1. The van der Waals surface area contributed by atoms with E-state index in [4.69, 9.17) is 20.1 Å². The second-order valence-corrected chi connectivity index (χ2v) is 9.72. The Kier molecular flexibility index (Phi) is 6.95. The highest BCUT2D eigenvalue weighted by Crippen LogP contribution is 2.35. The van der Waals surface area contributed by atoms with Crippen LogP contribution >= 0.6 is 0 Å². The molecule has 2 aromatic heterocycles. The van der Waals surface area contributed by atoms with Gasteiger partial charge in [0.1, 0.15) is 11.6 Å². The minimum absolute atomic E-state index is 0.00347. The number of anilines is 1. The predicted molar refractivity (Wildman–Crippen MR) is 144 cm³/mol.